The standard InChI is InChI=1S/C52H59N7O21P2/c53-43-14-17-58(51(69)56-43)45-24-39(63)42(79-45)28-77-81(71,72)75-18-5-19-76-82(73,74)80-40-25-46(78-41(40)27-60)59-26-30(49(66)57-52(59)70)7-13-44(64)54-15-3-1-2-4-16-55-48(65)29-6-10-37(50(67)68)38(23-29)47-35-11-8-33(61)21-31(35)20-32-22-34(62)9-12-36(32)47/h6-14,17,21-23,26,39-42,45-46,60-61,63H,1-5,15-16,18-20,24-25,27-28H2,(H,54,64)(H,55,65)(H,67,68)(H,71,72)(H,73,74)(H2,53,56,69)(H,57,66,70)/p-2/b13-7+/t39?,40?,41-,42-,45-,46-/m1/s1. The summed E-state index contributed by atoms with van der Waals surface area (Å²) in [6.45, 7) is -2.12. The Morgan fingerprint density at radius 1 is 0.866 bits per heavy atom. The number of unbranched alkanes of at least 4 members (excludes halogenated alkanes) is 3. The van der Waals surface area contributed by atoms with Gasteiger partial charge in [-0.1, -0.05) is 25.0 Å². The summed E-state index contributed by atoms with van der Waals surface area (Å²) in [5.41, 5.74) is 6.38. The fourth-order valence-electron chi connectivity index (χ4n) is 9.46. The van der Waals surface area contributed by atoms with E-state index in [2.05, 4.69) is 20.6 Å². The first-order chi connectivity index (χ1) is 39.1. The molecule has 2 aliphatic carbocycles. The van der Waals surface area contributed by atoms with Crippen molar-refractivity contribution in [2.24, 2.45) is 0 Å². The number of carboxylic acid groups (broad SMARTS) is 1. The number of nitrogens with one attached hydrogen (secondary N) is 3. The molecular weight excluding hydrogens is 1120 g/mol. The molecule has 2 saturated heterocycles. The van der Waals surface area contributed by atoms with E-state index in [9.17, 15) is 72.9 Å². The molecule has 0 bridgehead atoms. The molecule has 2 fully saturated rings. The van der Waals surface area contributed by atoms with E-state index in [-0.39, 0.29) is 65.4 Å². The van der Waals surface area contributed by atoms with E-state index in [1.54, 1.807) is 18.2 Å². The third-order valence-electron chi connectivity index (χ3n) is 13.5. The maximum Gasteiger partial charge on any atom is 0.351 e. The van der Waals surface area contributed by atoms with Gasteiger partial charge in [-0.15, -0.1) is 0 Å². The topological polar surface area (TPSA) is 425 Å². The number of nitrogens with two attached hydrogens (primary N) is 1. The molecule has 2 aromatic carbocycles. The zero-order valence-electron chi connectivity index (χ0n) is 43.5. The summed E-state index contributed by atoms with van der Waals surface area (Å²) >= 11 is 0. The zero-order chi connectivity index (χ0) is 58.9. The van der Waals surface area contributed by atoms with Crippen molar-refractivity contribution in [1.82, 2.24) is 29.7 Å². The van der Waals surface area contributed by atoms with Gasteiger partial charge in [0.15, 0.2) is 5.78 Å². The van der Waals surface area contributed by atoms with E-state index in [0.717, 1.165) is 27.5 Å². The molecule has 8 rings (SSSR count). The van der Waals surface area contributed by atoms with Gasteiger partial charge in [0.2, 0.25) is 5.91 Å². The van der Waals surface area contributed by atoms with Crippen LogP contribution in [-0.2, 0) is 52.7 Å². The van der Waals surface area contributed by atoms with Crippen LogP contribution in [0.1, 0.15) is 100 Å². The number of carbonyl (C=O) groups is 4. The Hall–Kier alpha value is -7.30. The van der Waals surface area contributed by atoms with Crippen LogP contribution in [0.25, 0.3) is 11.6 Å². The molecule has 2 aliphatic heterocycles. The highest BCUT2D eigenvalue weighted by molar-refractivity contribution is 7.46. The molecule has 28 nitrogen and oxygen atoms in total. The smallest absolute Gasteiger partial charge is 0.351 e. The summed E-state index contributed by atoms with van der Waals surface area (Å²) in [5.74, 6) is -2.46. The summed E-state index contributed by atoms with van der Waals surface area (Å²) in [6.07, 6.45) is 3.84. The van der Waals surface area contributed by atoms with E-state index in [1.165, 1.54) is 48.7 Å². The lowest BCUT2D eigenvalue weighted by Gasteiger charge is -2.28. The predicted octanol–water partition coefficient (Wildman–Crippen LogP) is 1.01. The highest BCUT2D eigenvalue weighted by Crippen LogP contribution is 2.46. The second-order valence-electron chi connectivity index (χ2n) is 19.2. The van der Waals surface area contributed by atoms with E-state index in [1.807, 2.05) is 0 Å². The fourth-order valence-corrected chi connectivity index (χ4v) is 11.2. The number of phenols is 1. The first-order valence-electron chi connectivity index (χ1n) is 25.7. The van der Waals surface area contributed by atoms with Crippen molar-refractivity contribution in [2.75, 3.05) is 45.3 Å². The first kappa shape index (κ1) is 60.8. The van der Waals surface area contributed by atoms with Crippen molar-refractivity contribution >= 4 is 56.7 Å². The van der Waals surface area contributed by atoms with Gasteiger partial charge in [0.05, 0.1) is 49.8 Å². The number of phosphoric acid groups is 2. The molecule has 438 valence electrons. The number of carbonyl (C=O) groups excluding carboxylic acids is 3. The number of aliphatic hydroxyl groups excluding tert-OH is 2. The number of aliphatic hydroxyl groups is 2. The highest BCUT2D eigenvalue weighted by Gasteiger charge is 2.40. The number of H-pyrrole nitrogens is 1. The van der Waals surface area contributed by atoms with Gasteiger partial charge < -0.3 is 74.1 Å². The second kappa shape index (κ2) is 26.7. The average molecular weight is 1180 g/mol. The van der Waals surface area contributed by atoms with Gasteiger partial charge in [-0.05, 0) is 114 Å². The highest BCUT2D eigenvalue weighted by atomic mass is 31.2. The number of aromatic carboxylic acids is 1. The van der Waals surface area contributed by atoms with E-state index in [0.29, 0.717) is 66.5 Å². The number of hydrogen-bond donors (Lipinski definition) is 8. The molecule has 0 radical (unpaired) electrons. The normalized spacial score (nSPS) is 21.9. The van der Waals surface area contributed by atoms with Gasteiger partial charge in [0.25, 0.3) is 27.1 Å². The number of carboxylic acids is 1. The number of amides is 2. The maximum absolute atomic E-state index is 13.4. The van der Waals surface area contributed by atoms with Crippen LogP contribution in [0, 0.1) is 0 Å². The number of allylic oxidation sites excluding steroid dienone is 5. The van der Waals surface area contributed by atoms with Crippen molar-refractivity contribution in [3.05, 3.63) is 155 Å². The van der Waals surface area contributed by atoms with Crippen molar-refractivity contribution < 1.29 is 86.1 Å². The fraction of sp³-hybridized carbons (Fsp3) is 0.385. The molecule has 4 aliphatic rings. The van der Waals surface area contributed by atoms with Gasteiger partial charge in [-0.3, -0.25) is 42.4 Å². The Morgan fingerprint density at radius 3 is 2.32 bits per heavy atom. The number of hydrogen-bond acceptors (Lipinski definition) is 22. The maximum atomic E-state index is 13.4. The number of phosphoric ester groups is 2. The molecule has 8 atom stereocenters. The number of aromatic nitrogens is 4. The number of anilines is 1. The molecule has 2 amide bonds. The van der Waals surface area contributed by atoms with Crippen LogP contribution in [0.15, 0.2) is 105 Å². The van der Waals surface area contributed by atoms with Crippen LogP contribution < -0.4 is 43.1 Å². The monoisotopic (exact) mass is 1180 g/mol. The quantitative estimate of drug-likeness (QED) is 0.0247. The summed E-state index contributed by atoms with van der Waals surface area (Å²) < 4.78 is 57.8. The number of rotatable bonds is 26. The van der Waals surface area contributed by atoms with Gasteiger partial charge in [-0.25, -0.2) is 14.4 Å². The third-order valence-corrected chi connectivity index (χ3v) is 15.4. The SMILES string of the molecule is Nc1ccn([C@H]2CC(O)[C@@H](COP(=O)([O-])OCCCOP(=O)([O-])OC3C[C@H](n4cc(/C=C/C(=O)NCCCCCCNC(=O)c5ccc(C(=O)O)c(C6=C7C=CC(=O)C=C7Cc7cc(O)ccc76)c5)c(=O)[nH]c4=O)O[C@@H]3CO)O2)c(=O)n1. The molecule has 0 saturated carbocycles. The Morgan fingerprint density at radius 2 is 1.59 bits per heavy atom. The van der Waals surface area contributed by atoms with E-state index in [4.69, 9.17) is 33.3 Å². The van der Waals surface area contributed by atoms with Crippen molar-refractivity contribution in [3.8, 4) is 5.75 Å². The zero-order valence-corrected chi connectivity index (χ0v) is 45.3. The largest absolute Gasteiger partial charge is 0.756 e. The minimum absolute atomic E-state index is 0.0111. The Bertz CT molecular complexity index is 3520. The van der Waals surface area contributed by atoms with Gasteiger partial charge >= 0.3 is 17.3 Å². The summed E-state index contributed by atoms with van der Waals surface area (Å²) in [4.78, 5) is 119. The minimum Gasteiger partial charge on any atom is -0.756 e. The predicted molar refractivity (Wildman–Crippen MR) is 283 cm³/mol. The van der Waals surface area contributed by atoms with Crippen LogP contribution in [0.5, 0.6) is 5.75 Å². The Balaban J connectivity index is 0.741. The van der Waals surface area contributed by atoms with Crippen molar-refractivity contribution in [3.63, 3.8) is 0 Å². The molecule has 4 heterocycles. The molecule has 9 N–H and O–H groups in total. The number of aromatic hydroxyl groups is 1. The molecular formula is C52H57N7O21P2-2. The Labute approximate surface area is 465 Å². The first-order valence-corrected chi connectivity index (χ1v) is 28.7. The van der Waals surface area contributed by atoms with E-state index >= 15 is 0 Å². The number of nitrogen functional groups attached to an aromatic ring is 1. The van der Waals surface area contributed by atoms with Crippen LogP contribution in [0.4, 0.5) is 5.82 Å². The van der Waals surface area contributed by atoms with Gasteiger partial charge in [0.1, 0.15) is 36.2 Å². The van der Waals surface area contributed by atoms with E-state index < -0.39 is 114 Å². The summed E-state index contributed by atoms with van der Waals surface area (Å²) in [7, 11) is -10.2. The minimum atomic E-state index is -5.17. The lowest BCUT2D eigenvalue weighted by molar-refractivity contribution is -0.232. The number of ketones is 1. The average Bonchev–Trinajstić information content (AvgIpc) is 2.28. The van der Waals surface area contributed by atoms with Crippen LogP contribution in [0.3, 0.4) is 0 Å². The van der Waals surface area contributed by atoms with Crippen LogP contribution >= 0.6 is 15.6 Å². The molecule has 4 aromatic rings. The number of nitrogens with zero attached hydrogens (tertiary/aromatic N) is 3. The van der Waals surface area contributed by atoms with Crippen LogP contribution in [0.2, 0.25) is 0 Å². The van der Waals surface area contributed by atoms with Gasteiger partial charge in [-0.2, -0.15) is 4.98 Å². The lowest BCUT2D eigenvalue weighted by Crippen LogP contribution is -2.33. The third kappa shape index (κ3) is 15.4. The van der Waals surface area contributed by atoms with Crippen molar-refractivity contribution in [2.45, 2.75) is 88.2 Å². The number of benzene rings is 2. The molecule has 30 heteroatoms. The van der Waals surface area contributed by atoms with Crippen molar-refractivity contribution in [1.29, 1.82) is 0 Å². The Kier molecular flexibility index (Phi) is 19.8. The number of fused-ring (bicyclic) bond motifs is 2. The summed E-state index contributed by atoms with van der Waals surface area (Å²) in [5, 5.41) is 46.2. The van der Waals surface area contributed by atoms with Gasteiger partial charge in [0, 0.05) is 50.0 Å². The number of phenolic OH excluding ortho intramolecular Hbond substituents is 1. The lowest BCUT2D eigenvalue weighted by atomic mass is 9.76. The van der Waals surface area contributed by atoms with Crippen LogP contribution in [-0.4, -0.2) is 127 Å². The summed E-state index contributed by atoms with van der Waals surface area (Å²) in [6, 6.07) is 10.4. The number of aromatic amines is 1. The molecule has 4 unspecified atom stereocenters. The second-order valence-corrected chi connectivity index (χ2v) is 22.0. The molecule has 0 spiro atoms. The number of ether oxygens (including phenoxy) is 2. The molecule has 82 heavy (non-hydrogen) atoms. The molecule has 2 aromatic heterocycles.